The molecule has 2 rings (SSSR count). The van der Waals surface area contributed by atoms with Crippen LogP contribution in [0.15, 0.2) is 35.9 Å². The van der Waals surface area contributed by atoms with E-state index in [1.54, 1.807) is 5.57 Å². The van der Waals surface area contributed by atoms with E-state index in [9.17, 15) is 0 Å². The zero-order chi connectivity index (χ0) is 11.4. The van der Waals surface area contributed by atoms with Gasteiger partial charge in [0.1, 0.15) is 0 Å². The van der Waals surface area contributed by atoms with Crippen LogP contribution in [0, 0.1) is 5.92 Å². The lowest BCUT2D eigenvalue weighted by atomic mass is 9.85. The first-order valence-electron chi connectivity index (χ1n) is 6.51. The van der Waals surface area contributed by atoms with E-state index in [1.807, 2.05) is 0 Å². The molecule has 0 saturated heterocycles. The molecule has 0 spiro atoms. The lowest BCUT2D eigenvalue weighted by Crippen LogP contribution is -2.08. The fraction of sp³-hybridized carbons (Fsp3) is 0.500. The van der Waals surface area contributed by atoms with Gasteiger partial charge in [0.05, 0.1) is 0 Å². The molecule has 0 heterocycles. The molecule has 86 valence electrons. The maximum absolute atomic E-state index is 2.43. The molecule has 0 aromatic heterocycles. The van der Waals surface area contributed by atoms with Crippen LogP contribution in [0.2, 0.25) is 0 Å². The minimum Gasteiger partial charge on any atom is -0.0853 e. The van der Waals surface area contributed by atoms with Gasteiger partial charge in [-0.2, -0.15) is 0 Å². The fourth-order valence-electron chi connectivity index (χ4n) is 2.45. The Morgan fingerprint density at radius 2 is 1.81 bits per heavy atom. The van der Waals surface area contributed by atoms with Crippen LogP contribution in [0.25, 0.3) is 0 Å². The molecule has 0 fully saturated rings. The third-order valence-electron chi connectivity index (χ3n) is 3.70. The Labute approximate surface area is 99.4 Å². The van der Waals surface area contributed by atoms with Crippen LogP contribution in [0.1, 0.15) is 44.2 Å². The average molecular weight is 214 g/mol. The minimum absolute atomic E-state index is 0.871. The van der Waals surface area contributed by atoms with Gasteiger partial charge in [-0.15, -0.1) is 0 Å². The van der Waals surface area contributed by atoms with Crippen LogP contribution in [0.4, 0.5) is 0 Å². The Morgan fingerprint density at radius 1 is 1.12 bits per heavy atom. The average Bonchev–Trinajstić information content (AvgIpc) is 2.33. The van der Waals surface area contributed by atoms with Crippen LogP contribution in [0.3, 0.4) is 0 Å². The highest BCUT2D eigenvalue weighted by Crippen LogP contribution is 2.26. The molecule has 1 aliphatic carbocycles. The van der Waals surface area contributed by atoms with Crippen molar-refractivity contribution in [3.05, 3.63) is 47.0 Å². The maximum Gasteiger partial charge on any atom is -0.0247 e. The van der Waals surface area contributed by atoms with Gasteiger partial charge in [0.2, 0.25) is 0 Å². The number of benzene rings is 1. The summed E-state index contributed by atoms with van der Waals surface area (Å²) in [5.74, 6) is 0.871. The molecule has 0 heteroatoms. The molecule has 0 N–H and O–H groups in total. The number of aryl methyl sites for hydroxylation is 1. The summed E-state index contributed by atoms with van der Waals surface area (Å²) < 4.78 is 0. The van der Waals surface area contributed by atoms with Crippen molar-refractivity contribution >= 4 is 0 Å². The van der Waals surface area contributed by atoms with Crippen molar-refractivity contribution in [2.75, 3.05) is 0 Å². The van der Waals surface area contributed by atoms with Gasteiger partial charge >= 0.3 is 0 Å². The number of rotatable bonds is 3. The molecular weight excluding hydrogens is 192 g/mol. The van der Waals surface area contributed by atoms with E-state index in [2.05, 4.69) is 44.2 Å². The quantitative estimate of drug-likeness (QED) is 0.648. The van der Waals surface area contributed by atoms with E-state index in [0.29, 0.717) is 0 Å². The lowest BCUT2D eigenvalue weighted by molar-refractivity contribution is 0.467. The summed E-state index contributed by atoms with van der Waals surface area (Å²) in [6.07, 6.45) is 8.78. The van der Waals surface area contributed by atoms with Crippen LogP contribution in [0.5, 0.6) is 0 Å². The normalized spacial score (nSPS) is 20.6. The summed E-state index contributed by atoms with van der Waals surface area (Å²) in [7, 11) is 0. The molecule has 16 heavy (non-hydrogen) atoms. The predicted octanol–water partition coefficient (Wildman–Crippen LogP) is 4.54. The largest absolute Gasteiger partial charge is 0.0853 e. The van der Waals surface area contributed by atoms with Gasteiger partial charge < -0.3 is 0 Å². The van der Waals surface area contributed by atoms with Crippen LogP contribution in [-0.4, -0.2) is 0 Å². The molecule has 0 bridgehead atoms. The standard InChI is InChI=1S/C16H22/c1-3-14-8-10-16(11-9-14)12-15-6-4-13(2)5-7-15/h4,8-11,15H,3,5-7,12H2,1-2H3. The van der Waals surface area contributed by atoms with Gasteiger partial charge in [-0.3, -0.25) is 0 Å². The molecule has 1 atom stereocenters. The monoisotopic (exact) mass is 214 g/mol. The van der Waals surface area contributed by atoms with Crippen molar-refractivity contribution < 1.29 is 0 Å². The fourth-order valence-corrected chi connectivity index (χ4v) is 2.45. The van der Waals surface area contributed by atoms with E-state index in [4.69, 9.17) is 0 Å². The van der Waals surface area contributed by atoms with Gasteiger partial charge in [0, 0.05) is 0 Å². The van der Waals surface area contributed by atoms with Crippen molar-refractivity contribution in [3.8, 4) is 0 Å². The molecule has 0 saturated carbocycles. The van der Waals surface area contributed by atoms with Crippen LogP contribution in [-0.2, 0) is 12.8 Å². The van der Waals surface area contributed by atoms with Crippen molar-refractivity contribution in [2.45, 2.75) is 46.0 Å². The summed E-state index contributed by atoms with van der Waals surface area (Å²) in [4.78, 5) is 0. The summed E-state index contributed by atoms with van der Waals surface area (Å²) in [6, 6.07) is 9.17. The van der Waals surface area contributed by atoms with Gasteiger partial charge in [0.15, 0.2) is 0 Å². The lowest BCUT2D eigenvalue weighted by Gasteiger charge is -2.20. The Bertz CT molecular complexity index is 356. The second kappa shape index (κ2) is 5.34. The maximum atomic E-state index is 2.43. The molecule has 1 unspecified atom stereocenters. The molecule has 0 radical (unpaired) electrons. The topological polar surface area (TPSA) is 0 Å². The molecular formula is C16H22. The van der Waals surface area contributed by atoms with E-state index < -0.39 is 0 Å². The Hall–Kier alpha value is -1.04. The summed E-state index contributed by atoms with van der Waals surface area (Å²) in [5, 5.41) is 0. The predicted molar refractivity (Wildman–Crippen MR) is 70.6 cm³/mol. The molecule has 0 amide bonds. The summed E-state index contributed by atoms with van der Waals surface area (Å²) in [5.41, 5.74) is 4.54. The smallest absolute Gasteiger partial charge is 0.0247 e. The first-order valence-corrected chi connectivity index (χ1v) is 6.51. The van der Waals surface area contributed by atoms with Gasteiger partial charge in [-0.25, -0.2) is 0 Å². The molecule has 0 aliphatic heterocycles. The summed E-state index contributed by atoms with van der Waals surface area (Å²) in [6.45, 7) is 4.47. The highest BCUT2D eigenvalue weighted by atomic mass is 14.2. The van der Waals surface area contributed by atoms with Gasteiger partial charge in [0.25, 0.3) is 0 Å². The number of hydrogen-bond donors (Lipinski definition) is 0. The second-order valence-corrected chi connectivity index (χ2v) is 5.07. The van der Waals surface area contributed by atoms with Crippen molar-refractivity contribution in [3.63, 3.8) is 0 Å². The van der Waals surface area contributed by atoms with Crippen LogP contribution >= 0.6 is 0 Å². The molecule has 1 aromatic carbocycles. The third kappa shape index (κ3) is 2.98. The van der Waals surface area contributed by atoms with Crippen molar-refractivity contribution in [2.24, 2.45) is 5.92 Å². The van der Waals surface area contributed by atoms with Gasteiger partial charge in [-0.05, 0) is 56.1 Å². The van der Waals surface area contributed by atoms with Gasteiger partial charge in [-0.1, -0.05) is 42.8 Å². The molecule has 1 aliphatic rings. The number of allylic oxidation sites excluding steroid dienone is 2. The van der Waals surface area contributed by atoms with Crippen molar-refractivity contribution in [1.82, 2.24) is 0 Å². The first-order chi connectivity index (χ1) is 7.78. The highest BCUT2D eigenvalue weighted by molar-refractivity contribution is 5.23. The Morgan fingerprint density at radius 3 is 2.38 bits per heavy atom. The van der Waals surface area contributed by atoms with E-state index in [-0.39, 0.29) is 0 Å². The minimum atomic E-state index is 0.871. The third-order valence-corrected chi connectivity index (χ3v) is 3.70. The summed E-state index contributed by atoms with van der Waals surface area (Å²) >= 11 is 0. The Balaban J connectivity index is 1.94. The zero-order valence-electron chi connectivity index (χ0n) is 10.5. The van der Waals surface area contributed by atoms with Crippen LogP contribution < -0.4 is 0 Å². The van der Waals surface area contributed by atoms with E-state index in [0.717, 1.165) is 12.3 Å². The number of hydrogen-bond acceptors (Lipinski definition) is 0. The van der Waals surface area contributed by atoms with E-state index >= 15 is 0 Å². The Kier molecular flexibility index (Phi) is 3.82. The molecule has 0 nitrogen and oxygen atoms in total. The molecule has 1 aromatic rings. The highest BCUT2D eigenvalue weighted by Gasteiger charge is 2.12. The van der Waals surface area contributed by atoms with E-state index in [1.165, 1.54) is 36.8 Å². The first kappa shape index (κ1) is 11.4. The van der Waals surface area contributed by atoms with Crippen molar-refractivity contribution in [1.29, 1.82) is 0 Å². The zero-order valence-corrected chi connectivity index (χ0v) is 10.5. The SMILES string of the molecule is CCc1ccc(CC2CC=C(C)CC2)cc1. The second-order valence-electron chi connectivity index (χ2n) is 5.07.